The quantitative estimate of drug-likeness (QED) is 0.859. The third-order valence-corrected chi connectivity index (χ3v) is 5.14. The first-order chi connectivity index (χ1) is 9.98. The van der Waals surface area contributed by atoms with Gasteiger partial charge in [-0.2, -0.15) is 8.42 Å². The summed E-state index contributed by atoms with van der Waals surface area (Å²) in [6.45, 7) is 2.06. The predicted molar refractivity (Wildman–Crippen MR) is 83.1 cm³/mol. The van der Waals surface area contributed by atoms with E-state index in [9.17, 15) is 13.0 Å². The molecule has 1 aliphatic carbocycles. The van der Waals surface area contributed by atoms with E-state index in [0.29, 0.717) is 6.42 Å². The maximum Gasteiger partial charge on any atom is 0.294 e. The Labute approximate surface area is 125 Å². The average molecular weight is 302 g/mol. The minimum absolute atomic E-state index is 0.0783. The Bertz CT molecular complexity index is 792. The van der Waals surface area contributed by atoms with Crippen molar-refractivity contribution in [3.8, 4) is 11.1 Å². The van der Waals surface area contributed by atoms with Crippen molar-refractivity contribution < 1.29 is 13.0 Å². The van der Waals surface area contributed by atoms with Crippen LogP contribution in [0.3, 0.4) is 0 Å². The van der Waals surface area contributed by atoms with Crippen LogP contribution in [0.4, 0.5) is 0 Å². The second-order valence-corrected chi connectivity index (χ2v) is 6.96. The van der Waals surface area contributed by atoms with Crippen molar-refractivity contribution in [2.45, 2.75) is 37.5 Å². The molecule has 0 amide bonds. The summed E-state index contributed by atoms with van der Waals surface area (Å²) in [5, 5.41) is 0. The zero-order valence-electron chi connectivity index (χ0n) is 12.0. The molecule has 110 valence electrons. The van der Waals surface area contributed by atoms with E-state index < -0.39 is 10.1 Å². The molecule has 0 aliphatic heterocycles. The summed E-state index contributed by atoms with van der Waals surface area (Å²) < 4.78 is 32.6. The summed E-state index contributed by atoms with van der Waals surface area (Å²) in [6, 6.07) is 11.5. The molecule has 0 radical (unpaired) electrons. The lowest BCUT2D eigenvalue weighted by atomic mass is 9.85. The van der Waals surface area contributed by atoms with Crippen LogP contribution in [-0.2, 0) is 23.0 Å². The van der Waals surface area contributed by atoms with Gasteiger partial charge in [-0.05, 0) is 66.5 Å². The maximum absolute atomic E-state index is 11.6. The normalized spacial score (nSPS) is 14.8. The Morgan fingerprint density at radius 3 is 2.24 bits per heavy atom. The van der Waals surface area contributed by atoms with E-state index in [4.69, 9.17) is 0 Å². The van der Waals surface area contributed by atoms with Crippen LogP contribution in [-0.4, -0.2) is 13.0 Å². The summed E-state index contributed by atoms with van der Waals surface area (Å²) in [5.74, 6) is 0. The van der Waals surface area contributed by atoms with Crippen LogP contribution in [0.5, 0.6) is 0 Å². The standard InChI is InChI=1S/C17H18O3S/c1-12-6-2-3-7-13(12)15-10-11-17(21(18,19)20)16-9-5-4-8-14(15)16/h2-3,6-7,10-11H,4-5,8-9H2,1H3,(H,18,19,20). The van der Waals surface area contributed by atoms with E-state index in [1.807, 2.05) is 18.2 Å². The third kappa shape index (κ3) is 2.61. The Morgan fingerprint density at radius 1 is 0.905 bits per heavy atom. The van der Waals surface area contributed by atoms with Crippen LogP contribution < -0.4 is 0 Å². The van der Waals surface area contributed by atoms with Crippen molar-refractivity contribution in [2.75, 3.05) is 0 Å². The maximum atomic E-state index is 11.6. The second kappa shape index (κ2) is 5.28. The molecule has 1 N–H and O–H groups in total. The minimum Gasteiger partial charge on any atom is -0.282 e. The first-order valence-electron chi connectivity index (χ1n) is 7.17. The SMILES string of the molecule is Cc1ccccc1-c1ccc(S(=O)(=O)O)c2c1CCCC2. The summed E-state index contributed by atoms with van der Waals surface area (Å²) in [7, 11) is -4.15. The molecule has 0 saturated heterocycles. The van der Waals surface area contributed by atoms with E-state index in [-0.39, 0.29) is 4.90 Å². The van der Waals surface area contributed by atoms with Gasteiger partial charge in [0, 0.05) is 0 Å². The van der Waals surface area contributed by atoms with Gasteiger partial charge in [0.1, 0.15) is 0 Å². The van der Waals surface area contributed by atoms with E-state index in [2.05, 4.69) is 19.1 Å². The fourth-order valence-electron chi connectivity index (χ4n) is 3.20. The Morgan fingerprint density at radius 2 is 1.57 bits per heavy atom. The van der Waals surface area contributed by atoms with Gasteiger partial charge in [-0.3, -0.25) is 4.55 Å². The van der Waals surface area contributed by atoms with Gasteiger partial charge >= 0.3 is 0 Å². The topological polar surface area (TPSA) is 54.4 Å². The lowest BCUT2D eigenvalue weighted by molar-refractivity contribution is 0.481. The Kier molecular flexibility index (Phi) is 3.59. The zero-order chi connectivity index (χ0) is 15.0. The van der Waals surface area contributed by atoms with Crippen molar-refractivity contribution in [2.24, 2.45) is 0 Å². The lowest BCUT2D eigenvalue weighted by Crippen LogP contribution is -2.11. The van der Waals surface area contributed by atoms with Gasteiger partial charge in [-0.1, -0.05) is 30.3 Å². The fraction of sp³-hybridized carbons (Fsp3) is 0.294. The molecule has 0 atom stereocenters. The van der Waals surface area contributed by atoms with Crippen molar-refractivity contribution in [3.63, 3.8) is 0 Å². The molecule has 0 spiro atoms. The third-order valence-electron chi connectivity index (χ3n) is 4.20. The Balaban J connectivity index is 2.28. The first-order valence-corrected chi connectivity index (χ1v) is 8.61. The molecule has 0 unspecified atom stereocenters. The highest BCUT2D eigenvalue weighted by Crippen LogP contribution is 2.36. The minimum atomic E-state index is -4.15. The van der Waals surface area contributed by atoms with Crippen LogP contribution in [0.1, 0.15) is 29.5 Å². The number of rotatable bonds is 2. The first kappa shape index (κ1) is 14.3. The van der Waals surface area contributed by atoms with E-state index in [1.54, 1.807) is 6.07 Å². The van der Waals surface area contributed by atoms with Gasteiger partial charge in [-0.15, -0.1) is 0 Å². The van der Waals surface area contributed by atoms with E-state index in [1.165, 1.54) is 5.56 Å². The molecule has 4 heteroatoms. The molecular formula is C17H18O3S. The fourth-order valence-corrected chi connectivity index (χ4v) is 3.98. The van der Waals surface area contributed by atoms with Crippen molar-refractivity contribution in [1.82, 2.24) is 0 Å². The second-order valence-electron chi connectivity index (χ2n) is 5.57. The van der Waals surface area contributed by atoms with Crippen molar-refractivity contribution in [1.29, 1.82) is 0 Å². The molecule has 2 aromatic rings. The van der Waals surface area contributed by atoms with Crippen LogP contribution in [0, 0.1) is 6.92 Å². The summed E-state index contributed by atoms with van der Waals surface area (Å²) in [5.41, 5.74) is 5.27. The van der Waals surface area contributed by atoms with Crippen LogP contribution >= 0.6 is 0 Å². The van der Waals surface area contributed by atoms with Gasteiger partial charge in [0.15, 0.2) is 0 Å². The lowest BCUT2D eigenvalue weighted by Gasteiger charge is -2.22. The molecule has 2 aromatic carbocycles. The highest BCUT2D eigenvalue weighted by atomic mass is 32.2. The van der Waals surface area contributed by atoms with Crippen LogP contribution in [0.25, 0.3) is 11.1 Å². The Hall–Kier alpha value is -1.65. The smallest absolute Gasteiger partial charge is 0.282 e. The molecular weight excluding hydrogens is 284 g/mol. The van der Waals surface area contributed by atoms with Crippen LogP contribution in [0.15, 0.2) is 41.3 Å². The molecule has 0 bridgehead atoms. The highest BCUT2D eigenvalue weighted by molar-refractivity contribution is 7.85. The number of aryl methyl sites for hydroxylation is 1. The molecule has 1 aliphatic rings. The number of benzene rings is 2. The van der Waals surface area contributed by atoms with E-state index >= 15 is 0 Å². The van der Waals surface area contributed by atoms with Crippen LogP contribution in [0.2, 0.25) is 0 Å². The highest BCUT2D eigenvalue weighted by Gasteiger charge is 2.23. The monoisotopic (exact) mass is 302 g/mol. The number of hydrogen-bond acceptors (Lipinski definition) is 2. The van der Waals surface area contributed by atoms with Gasteiger partial charge < -0.3 is 0 Å². The average Bonchev–Trinajstić information content (AvgIpc) is 2.46. The number of hydrogen-bond donors (Lipinski definition) is 1. The van der Waals surface area contributed by atoms with Gasteiger partial charge in [0.05, 0.1) is 4.90 Å². The molecule has 21 heavy (non-hydrogen) atoms. The van der Waals surface area contributed by atoms with E-state index in [0.717, 1.165) is 41.5 Å². The molecule has 0 fully saturated rings. The van der Waals surface area contributed by atoms with Crippen molar-refractivity contribution >= 4 is 10.1 Å². The summed E-state index contributed by atoms with van der Waals surface area (Å²) in [6.07, 6.45) is 3.60. The predicted octanol–water partition coefficient (Wildman–Crippen LogP) is 3.79. The van der Waals surface area contributed by atoms with Gasteiger partial charge in [0.2, 0.25) is 0 Å². The zero-order valence-corrected chi connectivity index (χ0v) is 12.8. The largest absolute Gasteiger partial charge is 0.294 e. The van der Waals surface area contributed by atoms with Crippen molar-refractivity contribution in [3.05, 3.63) is 53.1 Å². The molecule has 0 saturated carbocycles. The molecule has 0 aromatic heterocycles. The number of fused-ring (bicyclic) bond motifs is 1. The van der Waals surface area contributed by atoms with Gasteiger partial charge in [-0.25, -0.2) is 0 Å². The molecule has 3 nitrogen and oxygen atoms in total. The summed E-state index contributed by atoms with van der Waals surface area (Å²) >= 11 is 0. The van der Waals surface area contributed by atoms with Gasteiger partial charge in [0.25, 0.3) is 10.1 Å². The molecule has 0 heterocycles. The molecule has 3 rings (SSSR count). The summed E-state index contributed by atoms with van der Waals surface area (Å²) in [4.78, 5) is 0.0783.